The highest BCUT2D eigenvalue weighted by Crippen LogP contribution is 2.13. The van der Waals surface area contributed by atoms with Crippen molar-refractivity contribution in [3.8, 4) is 0 Å². The molecule has 0 spiro atoms. The van der Waals surface area contributed by atoms with Gasteiger partial charge in [-0.15, -0.1) is 0 Å². The quantitative estimate of drug-likeness (QED) is 0.652. The van der Waals surface area contributed by atoms with Crippen LogP contribution in [0.25, 0.3) is 0 Å². The van der Waals surface area contributed by atoms with E-state index in [0.29, 0.717) is 16.8 Å². The van der Waals surface area contributed by atoms with E-state index in [1.807, 2.05) is 39.0 Å². The second-order valence-electron chi connectivity index (χ2n) is 5.81. The number of nitrogens with one attached hydrogen (secondary N) is 2. The van der Waals surface area contributed by atoms with Gasteiger partial charge in [-0.1, -0.05) is 32.0 Å². The molecule has 2 rings (SSSR count). The van der Waals surface area contributed by atoms with Crippen molar-refractivity contribution < 1.29 is 9.59 Å². The highest BCUT2D eigenvalue weighted by molar-refractivity contribution is 6.05. The van der Waals surface area contributed by atoms with E-state index in [9.17, 15) is 9.59 Å². The average molecular weight is 323 g/mol. The van der Waals surface area contributed by atoms with Crippen molar-refractivity contribution in [3.05, 3.63) is 65.2 Å². The second-order valence-corrected chi connectivity index (χ2v) is 5.81. The minimum atomic E-state index is -0.288. The Kier molecular flexibility index (Phi) is 5.84. The highest BCUT2D eigenvalue weighted by Gasteiger charge is 2.09. The molecular weight excluding hydrogens is 302 g/mol. The molecule has 0 heterocycles. The lowest BCUT2D eigenvalue weighted by Crippen LogP contribution is -2.18. The van der Waals surface area contributed by atoms with E-state index in [1.165, 1.54) is 0 Å². The molecule has 2 aromatic rings. The molecule has 0 fully saturated rings. The van der Waals surface area contributed by atoms with Crippen molar-refractivity contribution >= 4 is 23.7 Å². The fourth-order valence-corrected chi connectivity index (χ4v) is 2.04. The van der Waals surface area contributed by atoms with Crippen LogP contribution in [0.4, 0.5) is 5.69 Å². The Labute approximate surface area is 141 Å². The molecule has 0 saturated heterocycles. The van der Waals surface area contributed by atoms with Crippen LogP contribution in [0.15, 0.2) is 53.6 Å². The maximum absolute atomic E-state index is 12.2. The first-order valence-corrected chi connectivity index (χ1v) is 7.78. The molecule has 2 aromatic carbocycles. The molecule has 0 radical (unpaired) electrons. The third kappa shape index (κ3) is 4.78. The van der Waals surface area contributed by atoms with Crippen molar-refractivity contribution in [1.82, 2.24) is 5.43 Å². The lowest BCUT2D eigenvalue weighted by Gasteiger charge is -2.08. The zero-order valence-electron chi connectivity index (χ0n) is 14.0. The first-order chi connectivity index (χ1) is 11.5. The van der Waals surface area contributed by atoms with E-state index in [2.05, 4.69) is 15.8 Å². The Hall–Kier alpha value is -2.95. The molecule has 0 bridgehead atoms. The number of carbonyl (C=O) groups excluding carboxylic acids is 2. The summed E-state index contributed by atoms with van der Waals surface area (Å²) in [5.74, 6) is -0.195. The molecule has 0 atom stereocenters. The van der Waals surface area contributed by atoms with Gasteiger partial charge < -0.3 is 5.32 Å². The number of carbonyl (C=O) groups is 2. The Morgan fingerprint density at radius 2 is 1.67 bits per heavy atom. The lowest BCUT2D eigenvalue weighted by atomic mass is 10.1. The first kappa shape index (κ1) is 17.4. The number of benzene rings is 2. The molecule has 0 aliphatic rings. The summed E-state index contributed by atoms with van der Waals surface area (Å²) in [4.78, 5) is 24.2. The summed E-state index contributed by atoms with van der Waals surface area (Å²) < 4.78 is 0. The summed E-state index contributed by atoms with van der Waals surface area (Å²) in [6, 6.07) is 14.1. The normalized spacial score (nSPS) is 10.8. The van der Waals surface area contributed by atoms with Crippen LogP contribution in [0.1, 0.15) is 40.1 Å². The summed E-state index contributed by atoms with van der Waals surface area (Å²) >= 11 is 0. The topological polar surface area (TPSA) is 70.6 Å². The van der Waals surface area contributed by atoms with Crippen LogP contribution in [-0.4, -0.2) is 18.0 Å². The summed E-state index contributed by atoms with van der Waals surface area (Å²) in [5.41, 5.74) is 5.11. The van der Waals surface area contributed by atoms with E-state index in [-0.39, 0.29) is 17.7 Å². The van der Waals surface area contributed by atoms with Gasteiger partial charge >= 0.3 is 0 Å². The number of rotatable bonds is 5. The van der Waals surface area contributed by atoms with Crippen molar-refractivity contribution in [2.24, 2.45) is 11.0 Å². The van der Waals surface area contributed by atoms with Crippen LogP contribution in [0, 0.1) is 12.8 Å². The van der Waals surface area contributed by atoms with Gasteiger partial charge in [0.15, 0.2) is 0 Å². The molecule has 0 aliphatic heterocycles. The first-order valence-electron chi connectivity index (χ1n) is 7.78. The molecular formula is C19H21N3O2. The number of hydrogen-bond acceptors (Lipinski definition) is 3. The third-order valence-electron chi connectivity index (χ3n) is 3.33. The monoisotopic (exact) mass is 323 g/mol. The maximum atomic E-state index is 12.2. The van der Waals surface area contributed by atoms with E-state index in [1.54, 1.807) is 36.5 Å². The Morgan fingerprint density at radius 3 is 2.29 bits per heavy atom. The van der Waals surface area contributed by atoms with Crippen LogP contribution < -0.4 is 10.7 Å². The zero-order chi connectivity index (χ0) is 17.5. The molecule has 0 aromatic heterocycles. The Balaban J connectivity index is 2.00. The van der Waals surface area contributed by atoms with Gasteiger partial charge in [0.05, 0.1) is 0 Å². The van der Waals surface area contributed by atoms with Gasteiger partial charge in [0.25, 0.3) is 11.8 Å². The molecule has 0 saturated carbocycles. The lowest BCUT2D eigenvalue weighted by molar-refractivity contribution is 0.0954. The van der Waals surface area contributed by atoms with Gasteiger partial charge in [-0.2, -0.15) is 5.10 Å². The van der Waals surface area contributed by atoms with Crippen molar-refractivity contribution in [3.63, 3.8) is 0 Å². The Morgan fingerprint density at radius 1 is 1.00 bits per heavy atom. The van der Waals surface area contributed by atoms with Crippen LogP contribution in [0.5, 0.6) is 0 Å². The van der Waals surface area contributed by atoms with Crippen LogP contribution in [-0.2, 0) is 0 Å². The standard InChI is InChI=1S/C19H21N3O2/c1-13(2)12-20-22-18(23)15-8-10-16(11-9-15)21-19(24)17-7-5-4-6-14(17)3/h4-13H,1-3H3,(H,21,24)(H,22,23). The molecule has 0 aliphatic carbocycles. The zero-order valence-corrected chi connectivity index (χ0v) is 14.0. The molecule has 124 valence electrons. The van der Waals surface area contributed by atoms with E-state index < -0.39 is 0 Å². The fraction of sp³-hybridized carbons (Fsp3) is 0.211. The van der Waals surface area contributed by atoms with E-state index in [0.717, 1.165) is 5.56 Å². The Bertz CT molecular complexity index is 749. The summed E-state index contributed by atoms with van der Waals surface area (Å²) in [6.07, 6.45) is 1.66. The van der Waals surface area contributed by atoms with Crippen molar-refractivity contribution in [2.45, 2.75) is 20.8 Å². The van der Waals surface area contributed by atoms with Crippen LogP contribution >= 0.6 is 0 Å². The summed E-state index contributed by atoms with van der Waals surface area (Å²) in [7, 11) is 0. The molecule has 5 heteroatoms. The molecule has 2 N–H and O–H groups in total. The SMILES string of the molecule is Cc1ccccc1C(=O)Nc1ccc(C(=O)NN=CC(C)C)cc1. The second kappa shape index (κ2) is 8.06. The fourth-order valence-electron chi connectivity index (χ4n) is 2.04. The van der Waals surface area contributed by atoms with Gasteiger partial charge in [0, 0.05) is 23.0 Å². The number of anilines is 1. The third-order valence-corrected chi connectivity index (χ3v) is 3.33. The minimum Gasteiger partial charge on any atom is -0.322 e. The number of hydrogen-bond donors (Lipinski definition) is 2. The van der Waals surface area contributed by atoms with Gasteiger partial charge in [0.1, 0.15) is 0 Å². The van der Waals surface area contributed by atoms with Crippen LogP contribution in [0.3, 0.4) is 0 Å². The van der Waals surface area contributed by atoms with Gasteiger partial charge in [-0.3, -0.25) is 9.59 Å². The number of amides is 2. The summed E-state index contributed by atoms with van der Waals surface area (Å²) in [6.45, 7) is 5.84. The molecule has 0 unspecified atom stereocenters. The molecule has 5 nitrogen and oxygen atoms in total. The minimum absolute atomic E-state index is 0.174. The van der Waals surface area contributed by atoms with Gasteiger partial charge in [0.2, 0.25) is 0 Å². The number of hydrazone groups is 1. The predicted molar refractivity (Wildman–Crippen MR) is 96.4 cm³/mol. The maximum Gasteiger partial charge on any atom is 0.271 e. The van der Waals surface area contributed by atoms with Crippen molar-refractivity contribution in [1.29, 1.82) is 0 Å². The van der Waals surface area contributed by atoms with Gasteiger partial charge in [-0.25, -0.2) is 5.43 Å². The van der Waals surface area contributed by atoms with Crippen molar-refractivity contribution in [2.75, 3.05) is 5.32 Å². The highest BCUT2D eigenvalue weighted by atomic mass is 16.2. The largest absolute Gasteiger partial charge is 0.322 e. The predicted octanol–water partition coefficient (Wildman–Crippen LogP) is 3.62. The summed E-state index contributed by atoms with van der Waals surface area (Å²) in [5, 5.41) is 6.70. The number of aryl methyl sites for hydroxylation is 1. The van der Waals surface area contributed by atoms with Crippen LogP contribution in [0.2, 0.25) is 0 Å². The van der Waals surface area contributed by atoms with Gasteiger partial charge in [-0.05, 0) is 48.7 Å². The smallest absolute Gasteiger partial charge is 0.271 e. The molecule has 2 amide bonds. The number of nitrogens with zero attached hydrogens (tertiary/aromatic N) is 1. The average Bonchev–Trinajstić information content (AvgIpc) is 2.55. The van der Waals surface area contributed by atoms with E-state index >= 15 is 0 Å². The molecule has 24 heavy (non-hydrogen) atoms. The van der Waals surface area contributed by atoms with E-state index in [4.69, 9.17) is 0 Å².